The smallest absolute Gasteiger partial charge is 0.164 e. The highest BCUT2D eigenvalue weighted by molar-refractivity contribution is 5.83. The van der Waals surface area contributed by atoms with Gasteiger partial charge in [-0.2, -0.15) is 0 Å². The van der Waals surface area contributed by atoms with Crippen LogP contribution < -0.4 is 4.90 Å². The van der Waals surface area contributed by atoms with Gasteiger partial charge in [0.25, 0.3) is 0 Å². The topological polar surface area (TPSA) is 41.9 Å². The van der Waals surface area contributed by atoms with Gasteiger partial charge in [-0.3, -0.25) is 0 Å². The maximum atomic E-state index is 4.93. The molecular weight excluding hydrogens is 524 g/mol. The van der Waals surface area contributed by atoms with Gasteiger partial charge >= 0.3 is 0 Å². The molecule has 5 aromatic carbocycles. The second-order valence-corrected chi connectivity index (χ2v) is 11.4. The summed E-state index contributed by atoms with van der Waals surface area (Å²) in [7, 11) is 0. The molecule has 0 bridgehead atoms. The van der Waals surface area contributed by atoms with Crippen molar-refractivity contribution in [2.24, 2.45) is 0 Å². The van der Waals surface area contributed by atoms with E-state index in [-0.39, 0.29) is 0 Å². The van der Waals surface area contributed by atoms with Gasteiger partial charge in [-0.05, 0) is 99.7 Å². The highest BCUT2D eigenvalue weighted by Gasteiger charge is 2.20. The van der Waals surface area contributed by atoms with Gasteiger partial charge in [0.15, 0.2) is 17.5 Å². The summed E-state index contributed by atoms with van der Waals surface area (Å²) < 4.78 is 0. The maximum absolute atomic E-state index is 4.93. The molecule has 0 saturated heterocycles. The lowest BCUT2D eigenvalue weighted by molar-refractivity contribution is 1.07. The van der Waals surface area contributed by atoms with Gasteiger partial charge in [-0.1, -0.05) is 84.4 Å². The van der Waals surface area contributed by atoms with Crippen molar-refractivity contribution in [1.82, 2.24) is 15.0 Å². The summed E-state index contributed by atoms with van der Waals surface area (Å²) in [5, 5.41) is 0. The first-order valence-corrected chi connectivity index (χ1v) is 14.7. The number of aryl methyl sites for hydroxylation is 6. The van der Waals surface area contributed by atoms with Crippen LogP contribution in [0.25, 0.3) is 34.2 Å². The molecule has 0 aliphatic rings. The van der Waals surface area contributed by atoms with Crippen LogP contribution in [0.15, 0.2) is 109 Å². The third-order valence-corrected chi connectivity index (χ3v) is 8.00. The van der Waals surface area contributed by atoms with Crippen molar-refractivity contribution < 1.29 is 0 Å². The second-order valence-electron chi connectivity index (χ2n) is 11.4. The average Bonchev–Trinajstić information content (AvgIpc) is 3.02. The molecule has 0 aliphatic heterocycles. The van der Waals surface area contributed by atoms with E-state index in [9.17, 15) is 0 Å². The number of nitrogens with zero attached hydrogens (tertiary/aromatic N) is 4. The molecule has 0 spiro atoms. The van der Waals surface area contributed by atoms with E-state index in [0.717, 1.165) is 22.4 Å². The molecule has 0 radical (unpaired) electrons. The van der Waals surface area contributed by atoms with Gasteiger partial charge in [0.1, 0.15) is 0 Å². The number of aromatic nitrogens is 3. The zero-order chi connectivity index (χ0) is 30.1. The molecule has 0 unspecified atom stereocenters. The van der Waals surface area contributed by atoms with Crippen LogP contribution in [-0.4, -0.2) is 15.0 Å². The summed E-state index contributed by atoms with van der Waals surface area (Å²) in [4.78, 5) is 17.1. The van der Waals surface area contributed by atoms with Crippen molar-refractivity contribution in [3.05, 3.63) is 143 Å². The fraction of sp³-hybridized carbons (Fsp3) is 0.154. The van der Waals surface area contributed by atoms with Gasteiger partial charge < -0.3 is 4.90 Å². The summed E-state index contributed by atoms with van der Waals surface area (Å²) in [5.41, 5.74) is 13.9. The maximum Gasteiger partial charge on any atom is 0.164 e. The molecule has 0 aliphatic carbocycles. The molecule has 4 heteroatoms. The number of rotatable bonds is 6. The Balaban J connectivity index is 1.49. The zero-order valence-electron chi connectivity index (χ0n) is 25.7. The molecule has 1 aromatic heterocycles. The van der Waals surface area contributed by atoms with Crippen molar-refractivity contribution in [1.29, 1.82) is 0 Å². The predicted octanol–water partition coefficient (Wildman–Crippen LogP) is 10.2. The van der Waals surface area contributed by atoms with Crippen LogP contribution in [0.4, 0.5) is 17.1 Å². The predicted molar refractivity (Wildman–Crippen MR) is 179 cm³/mol. The second kappa shape index (κ2) is 11.7. The first kappa shape index (κ1) is 28.0. The van der Waals surface area contributed by atoms with E-state index in [0.29, 0.717) is 17.5 Å². The molecule has 0 atom stereocenters. The number of hydrogen-bond donors (Lipinski definition) is 0. The Morgan fingerprint density at radius 2 is 0.860 bits per heavy atom. The molecular formula is C39H36N4. The summed E-state index contributed by atoms with van der Waals surface area (Å²) in [6, 6.07) is 37.9. The third-order valence-electron chi connectivity index (χ3n) is 8.00. The Bertz CT molecular complexity index is 1830. The monoisotopic (exact) mass is 560 g/mol. The Morgan fingerprint density at radius 1 is 0.419 bits per heavy atom. The lowest BCUT2D eigenvalue weighted by Gasteiger charge is -2.31. The van der Waals surface area contributed by atoms with E-state index in [4.69, 9.17) is 15.0 Å². The van der Waals surface area contributed by atoms with Crippen LogP contribution in [0.5, 0.6) is 0 Å². The average molecular weight is 561 g/mol. The van der Waals surface area contributed by atoms with E-state index in [1.807, 2.05) is 60.7 Å². The molecule has 0 saturated carbocycles. The minimum absolute atomic E-state index is 0.649. The van der Waals surface area contributed by atoms with Gasteiger partial charge in [-0.15, -0.1) is 0 Å². The lowest BCUT2D eigenvalue weighted by Crippen LogP contribution is -2.15. The Hall–Kier alpha value is -5.09. The van der Waals surface area contributed by atoms with Crippen LogP contribution in [-0.2, 0) is 0 Å². The van der Waals surface area contributed by atoms with Crippen molar-refractivity contribution in [3.8, 4) is 34.2 Å². The lowest BCUT2D eigenvalue weighted by atomic mass is 9.99. The molecule has 4 nitrogen and oxygen atoms in total. The minimum Gasteiger partial charge on any atom is -0.310 e. The molecule has 212 valence electrons. The van der Waals surface area contributed by atoms with Crippen molar-refractivity contribution in [2.45, 2.75) is 41.5 Å². The highest BCUT2D eigenvalue weighted by Crippen LogP contribution is 2.42. The van der Waals surface area contributed by atoms with Gasteiger partial charge in [-0.25, -0.2) is 15.0 Å². The highest BCUT2D eigenvalue weighted by atomic mass is 15.1. The first-order valence-electron chi connectivity index (χ1n) is 14.7. The van der Waals surface area contributed by atoms with Crippen LogP contribution >= 0.6 is 0 Å². The van der Waals surface area contributed by atoms with Gasteiger partial charge in [0.2, 0.25) is 0 Å². The summed E-state index contributed by atoms with van der Waals surface area (Å²) in [6.45, 7) is 13.1. The van der Waals surface area contributed by atoms with Gasteiger partial charge in [0.05, 0.1) is 5.69 Å². The zero-order valence-corrected chi connectivity index (χ0v) is 25.7. The number of hydrogen-bond acceptors (Lipinski definition) is 4. The Kier molecular flexibility index (Phi) is 7.60. The fourth-order valence-corrected chi connectivity index (χ4v) is 5.80. The summed E-state index contributed by atoms with van der Waals surface area (Å²) >= 11 is 0. The molecule has 0 amide bonds. The molecule has 6 aromatic rings. The summed E-state index contributed by atoms with van der Waals surface area (Å²) in [5.74, 6) is 1.97. The van der Waals surface area contributed by atoms with Crippen LogP contribution in [0.2, 0.25) is 0 Å². The van der Waals surface area contributed by atoms with Crippen molar-refractivity contribution in [3.63, 3.8) is 0 Å². The van der Waals surface area contributed by atoms with Crippen LogP contribution in [0.1, 0.15) is 33.4 Å². The Labute approximate surface area is 254 Å². The van der Waals surface area contributed by atoms with E-state index in [2.05, 4.69) is 95.0 Å². The Morgan fingerprint density at radius 3 is 1.35 bits per heavy atom. The van der Waals surface area contributed by atoms with Crippen molar-refractivity contribution in [2.75, 3.05) is 4.90 Å². The quantitative estimate of drug-likeness (QED) is 0.203. The van der Waals surface area contributed by atoms with E-state index < -0.39 is 0 Å². The number of anilines is 3. The molecule has 0 fully saturated rings. The van der Waals surface area contributed by atoms with Crippen LogP contribution in [0, 0.1) is 41.5 Å². The SMILES string of the molecule is Cc1cc(C)c(N(c2ccc(-c3nc(-c4ccccc4)nc(-c4ccccc4)n3)cc2)c2cc(C)c(C)cc2C)c(C)c1. The molecule has 6 rings (SSSR count). The van der Waals surface area contributed by atoms with E-state index in [1.165, 1.54) is 44.8 Å². The van der Waals surface area contributed by atoms with Crippen LogP contribution in [0.3, 0.4) is 0 Å². The molecule has 43 heavy (non-hydrogen) atoms. The van der Waals surface area contributed by atoms with E-state index in [1.54, 1.807) is 0 Å². The molecule has 0 N–H and O–H groups in total. The van der Waals surface area contributed by atoms with Crippen molar-refractivity contribution >= 4 is 17.1 Å². The molecule has 1 heterocycles. The normalized spacial score (nSPS) is 11.0. The fourth-order valence-electron chi connectivity index (χ4n) is 5.80. The number of benzene rings is 5. The standard InChI is InChI=1S/C39H36N4/c1-25-21-29(5)36(30(6)22-25)43(35-24-27(3)26(2)23-28(35)4)34-19-17-33(18-20-34)39-41-37(31-13-9-7-10-14-31)40-38(42-39)32-15-11-8-12-16-32/h7-24H,1-6H3. The summed E-state index contributed by atoms with van der Waals surface area (Å²) in [6.07, 6.45) is 0. The third kappa shape index (κ3) is 5.69. The van der Waals surface area contributed by atoms with Gasteiger partial charge in [0, 0.05) is 28.1 Å². The largest absolute Gasteiger partial charge is 0.310 e. The minimum atomic E-state index is 0.649. The first-order chi connectivity index (χ1) is 20.8. The van der Waals surface area contributed by atoms with E-state index >= 15 is 0 Å².